The number of ether oxygens (including phenoxy) is 3. The fraction of sp³-hybridized carbons (Fsp3) is 0.303. The summed E-state index contributed by atoms with van der Waals surface area (Å²) in [6.07, 6.45) is 0.990. The summed E-state index contributed by atoms with van der Waals surface area (Å²) in [5, 5.41) is 11.9. The zero-order valence-electron chi connectivity index (χ0n) is 25.4. The lowest BCUT2D eigenvalue weighted by Crippen LogP contribution is -2.31. The molecule has 1 aliphatic heterocycles. The van der Waals surface area contributed by atoms with Gasteiger partial charge in [0.25, 0.3) is 5.91 Å². The standard InChI is InChI=1S/C33H36BrN5O4S/c1-6-16-44-33-37-32-35-21(4)28(31(40)36-25-14-10-11-15-26(25)42-7-2)29(39(32)38-33)23-17-24(34)30(27(18-23)41-5)43-19-22-13-9-8-12-20(22)3/h8-15,17-18,29H,6-7,16,19H2,1-5H3,(H,36,40)(H,35,37,38). The minimum Gasteiger partial charge on any atom is -0.493 e. The summed E-state index contributed by atoms with van der Waals surface area (Å²) in [6.45, 7) is 8.81. The van der Waals surface area contributed by atoms with Crippen molar-refractivity contribution in [1.29, 1.82) is 0 Å². The molecule has 1 atom stereocenters. The number of halogens is 1. The van der Waals surface area contributed by atoms with Gasteiger partial charge in [-0.2, -0.15) is 4.98 Å². The van der Waals surface area contributed by atoms with Crippen LogP contribution < -0.4 is 24.8 Å². The van der Waals surface area contributed by atoms with Crippen LogP contribution in [0.25, 0.3) is 0 Å². The second-order valence-corrected chi connectivity index (χ2v) is 12.1. The number of carbonyl (C=O) groups is 1. The molecule has 1 amide bonds. The van der Waals surface area contributed by atoms with Crippen molar-refractivity contribution in [2.45, 2.75) is 51.9 Å². The normalized spacial score (nSPS) is 14.1. The maximum atomic E-state index is 14.1. The van der Waals surface area contributed by atoms with Gasteiger partial charge < -0.3 is 24.8 Å². The third kappa shape index (κ3) is 6.73. The summed E-state index contributed by atoms with van der Waals surface area (Å²) in [5.74, 6) is 2.86. The smallest absolute Gasteiger partial charge is 0.255 e. The summed E-state index contributed by atoms with van der Waals surface area (Å²) >= 11 is 5.30. The summed E-state index contributed by atoms with van der Waals surface area (Å²) in [7, 11) is 1.61. The number of nitrogens with one attached hydrogen (secondary N) is 2. The Bertz CT molecular complexity index is 1690. The monoisotopic (exact) mass is 677 g/mol. The molecule has 2 heterocycles. The number of aryl methyl sites for hydroxylation is 1. The van der Waals surface area contributed by atoms with Crippen LogP contribution >= 0.6 is 27.7 Å². The molecule has 0 radical (unpaired) electrons. The number of anilines is 2. The number of methoxy groups -OCH3 is 1. The third-order valence-electron chi connectivity index (χ3n) is 7.15. The predicted octanol–water partition coefficient (Wildman–Crippen LogP) is 7.77. The first-order valence-electron chi connectivity index (χ1n) is 14.5. The fourth-order valence-electron chi connectivity index (χ4n) is 4.99. The molecule has 3 aromatic carbocycles. The minimum atomic E-state index is -0.607. The van der Waals surface area contributed by atoms with Crippen molar-refractivity contribution in [3.8, 4) is 17.2 Å². The second-order valence-electron chi connectivity index (χ2n) is 10.2. The van der Waals surface area contributed by atoms with Crippen LogP contribution in [-0.2, 0) is 11.4 Å². The molecule has 1 aromatic heterocycles. The van der Waals surface area contributed by atoms with Gasteiger partial charge in [0.1, 0.15) is 18.4 Å². The molecule has 0 saturated heterocycles. The van der Waals surface area contributed by atoms with Crippen molar-refractivity contribution >= 4 is 45.2 Å². The van der Waals surface area contributed by atoms with Crippen LogP contribution in [0.2, 0.25) is 0 Å². The van der Waals surface area contributed by atoms with Gasteiger partial charge in [-0.3, -0.25) is 4.79 Å². The number of aromatic nitrogens is 3. The molecule has 1 aliphatic rings. The summed E-state index contributed by atoms with van der Waals surface area (Å²) in [4.78, 5) is 18.8. The van der Waals surface area contributed by atoms with E-state index in [9.17, 15) is 4.79 Å². The van der Waals surface area contributed by atoms with Gasteiger partial charge in [0.2, 0.25) is 11.1 Å². The van der Waals surface area contributed by atoms with Gasteiger partial charge in [0.15, 0.2) is 11.5 Å². The number of nitrogens with zero attached hydrogens (tertiary/aromatic N) is 3. The van der Waals surface area contributed by atoms with Crippen LogP contribution in [0.1, 0.15) is 49.9 Å². The quantitative estimate of drug-likeness (QED) is 0.147. The Hall–Kier alpha value is -3.96. The first-order chi connectivity index (χ1) is 21.3. The average molecular weight is 679 g/mol. The Kier molecular flexibility index (Phi) is 10.2. The zero-order valence-corrected chi connectivity index (χ0v) is 27.8. The van der Waals surface area contributed by atoms with Gasteiger partial charge in [0.05, 0.1) is 29.4 Å². The van der Waals surface area contributed by atoms with E-state index in [0.29, 0.717) is 63.0 Å². The largest absolute Gasteiger partial charge is 0.493 e. The molecular formula is C33H36BrN5O4S. The molecule has 230 valence electrons. The molecule has 0 aliphatic carbocycles. The fourth-order valence-corrected chi connectivity index (χ4v) is 6.25. The van der Waals surface area contributed by atoms with Gasteiger partial charge in [-0.1, -0.05) is 55.1 Å². The average Bonchev–Trinajstić information content (AvgIpc) is 3.42. The molecule has 44 heavy (non-hydrogen) atoms. The highest BCUT2D eigenvalue weighted by Crippen LogP contribution is 2.44. The van der Waals surface area contributed by atoms with E-state index in [1.54, 1.807) is 23.6 Å². The maximum absolute atomic E-state index is 14.1. The van der Waals surface area contributed by atoms with Crippen molar-refractivity contribution in [2.24, 2.45) is 0 Å². The van der Waals surface area contributed by atoms with E-state index < -0.39 is 6.04 Å². The van der Waals surface area contributed by atoms with Crippen molar-refractivity contribution in [3.63, 3.8) is 0 Å². The van der Waals surface area contributed by atoms with Gasteiger partial charge in [-0.05, 0) is 84.1 Å². The Morgan fingerprint density at radius 1 is 1.07 bits per heavy atom. The molecule has 4 aromatic rings. The molecule has 0 bridgehead atoms. The van der Waals surface area contributed by atoms with E-state index >= 15 is 0 Å². The molecule has 9 nitrogen and oxygen atoms in total. The summed E-state index contributed by atoms with van der Waals surface area (Å²) in [5.41, 5.74) is 4.75. The highest BCUT2D eigenvalue weighted by Gasteiger charge is 2.35. The van der Waals surface area contributed by atoms with E-state index in [0.717, 1.165) is 28.9 Å². The zero-order chi connectivity index (χ0) is 31.2. The SMILES string of the molecule is CCCSc1nc2n(n1)C(c1cc(Br)c(OCc3ccccc3C)c(OC)c1)C(C(=O)Nc1ccccc1OCC)=C(C)N2. The number of allylic oxidation sites excluding steroid dienone is 1. The topological polar surface area (TPSA) is 99.5 Å². The number of para-hydroxylation sites is 2. The maximum Gasteiger partial charge on any atom is 0.255 e. The van der Waals surface area contributed by atoms with E-state index in [-0.39, 0.29) is 5.91 Å². The van der Waals surface area contributed by atoms with Crippen molar-refractivity contribution in [1.82, 2.24) is 14.8 Å². The number of carbonyl (C=O) groups excluding carboxylic acids is 1. The summed E-state index contributed by atoms with van der Waals surface area (Å²) in [6, 6.07) is 18.7. The van der Waals surface area contributed by atoms with E-state index in [4.69, 9.17) is 24.3 Å². The minimum absolute atomic E-state index is 0.286. The number of hydrogen-bond acceptors (Lipinski definition) is 8. The lowest BCUT2D eigenvalue weighted by atomic mass is 9.94. The van der Waals surface area contributed by atoms with Gasteiger partial charge in [-0.15, -0.1) is 5.10 Å². The highest BCUT2D eigenvalue weighted by molar-refractivity contribution is 9.10. The van der Waals surface area contributed by atoms with E-state index in [1.165, 1.54) is 0 Å². The van der Waals surface area contributed by atoms with Crippen molar-refractivity contribution < 1.29 is 19.0 Å². The summed E-state index contributed by atoms with van der Waals surface area (Å²) < 4.78 is 20.3. The number of rotatable bonds is 12. The van der Waals surface area contributed by atoms with Crippen LogP contribution in [0, 0.1) is 6.92 Å². The van der Waals surface area contributed by atoms with Crippen LogP contribution in [0.3, 0.4) is 0 Å². The van der Waals surface area contributed by atoms with Crippen LogP contribution in [0.15, 0.2) is 81.6 Å². The molecule has 0 saturated carbocycles. The predicted molar refractivity (Wildman–Crippen MR) is 178 cm³/mol. The van der Waals surface area contributed by atoms with Crippen molar-refractivity contribution in [2.75, 3.05) is 30.1 Å². The molecular weight excluding hydrogens is 642 g/mol. The molecule has 0 spiro atoms. The first-order valence-corrected chi connectivity index (χ1v) is 16.3. The lowest BCUT2D eigenvalue weighted by Gasteiger charge is -2.29. The highest BCUT2D eigenvalue weighted by atomic mass is 79.9. The molecule has 0 fully saturated rings. The van der Waals surface area contributed by atoms with Crippen LogP contribution in [0.4, 0.5) is 11.6 Å². The van der Waals surface area contributed by atoms with Crippen molar-refractivity contribution in [3.05, 3.63) is 93.1 Å². The van der Waals surface area contributed by atoms with Gasteiger partial charge >= 0.3 is 0 Å². The number of fused-ring (bicyclic) bond motifs is 1. The van der Waals surface area contributed by atoms with Crippen LogP contribution in [0.5, 0.6) is 17.2 Å². The first kappa shape index (κ1) is 31.5. The van der Waals surface area contributed by atoms with E-state index in [2.05, 4.69) is 46.5 Å². The number of benzene rings is 3. The Morgan fingerprint density at radius 2 is 1.84 bits per heavy atom. The molecule has 2 N–H and O–H groups in total. The van der Waals surface area contributed by atoms with Gasteiger partial charge in [-0.25, -0.2) is 4.68 Å². The Labute approximate surface area is 270 Å². The second kappa shape index (κ2) is 14.2. The molecule has 5 rings (SSSR count). The Morgan fingerprint density at radius 3 is 2.59 bits per heavy atom. The third-order valence-corrected chi connectivity index (χ3v) is 8.78. The lowest BCUT2D eigenvalue weighted by molar-refractivity contribution is -0.113. The van der Waals surface area contributed by atoms with Crippen LogP contribution in [-0.4, -0.2) is 40.1 Å². The number of hydrogen-bond donors (Lipinski definition) is 2. The number of amides is 1. The molecule has 11 heteroatoms. The van der Waals surface area contributed by atoms with Gasteiger partial charge in [0, 0.05) is 11.4 Å². The number of thioether (sulfide) groups is 1. The van der Waals surface area contributed by atoms with E-state index in [1.807, 2.05) is 68.4 Å². The molecule has 1 unspecified atom stereocenters. The Balaban J connectivity index is 1.56.